The number of carbonyl (C=O) groups excluding carboxylic acids is 2. The van der Waals surface area contributed by atoms with E-state index in [4.69, 9.17) is 0 Å². The first-order valence-corrected chi connectivity index (χ1v) is 8.70. The minimum atomic E-state index is -0.537. The molecule has 3 aromatic carbocycles. The Labute approximate surface area is 166 Å². The normalized spacial score (nSPS) is 11.1. The summed E-state index contributed by atoms with van der Waals surface area (Å²) in [5, 5.41) is 6.75. The van der Waals surface area contributed by atoms with Gasteiger partial charge in [0.05, 0.1) is 5.71 Å². The van der Waals surface area contributed by atoms with Crippen molar-refractivity contribution in [2.75, 3.05) is 5.32 Å². The van der Waals surface area contributed by atoms with Crippen molar-refractivity contribution in [2.24, 2.45) is 5.10 Å². The number of benzene rings is 3. The number of nitrogens with zero attached hydrogens (tertiary/aromatic N) is 1. The van der Waals surface area contributed by atoms with Gasteiger partial charge in [0.25, 0.3) is 11.8 Å². The highest BCUT2D eigenvalue weighted by atomic mass is 19.1. The Balaban J connectivity index is 1.69. The topological polar surface area (TPSA) is 70.6 Å². The van der Waals surface area contributed by atoms with Crippen molar-refractivity contribution in [3.8, 4) is 0 Å². The maximum Gasteiger partial charge on any atom is 0.271 e. The molecular formula is C22H17F2N3O2. The molecule has 0 aliphatic carbocycles. The highest BCUT2D eigenvalue weighted by Crippen LogP contribution is 2.14. The summed E-state index contributed by atoms with van der Waals surface area (Å²) in [4.78, 5) is 24.3. The van der Waals surface area contributed by atoms with Crippen LogP contribution in [0.15, 0.2) is 77.9 Å². The highest BCUT2D eigenvalue weighted by Gasteiger charge is 2.09. The van der Waals surface area contributed by atoms with Crippen LogP contribution < -0.4 is 10.7 Å². The lowest BCUT2D eigenvalue weighted by molar-refractivity contribution is 0.0953. The minimum absolute atomic E-state index is 0.155. The van der Waals surface area contributed by atoms with Gasteiger partial charge < -0.3 is 5.32 Å². The Morgan fingerprint density at radius 2 is 1.45 bits per heavy atom. The van der Waals surface area contributed by atoms with Crippen LogP contribution in [-0.4, -0.2) is 17.5 Å². The molecule has 0 aliphatic heterocycles. The fourth-order valence-corrected chi connectivity index (χ4v) is 2.52. The average Bonchev–Trinajstić information content (AvgIpc) is 2.72. The Morgan fingerprint density at radius 1 is 0.759 bits per heavy atom. The van der Waals surface area contributed by atoms with Crippen molar-refractivity contribution in [3.05, 3.63) is 101 Å². The standard InChI is InChI=1S/C22H17F2N3O2/c1-14(26-27-22(29)17-5-2-6-19(24)12-17)16-4-3-7-20(13-16)25-21(28)15-8-10-18(23)11-9-15/h2-13H,1H3,(H,25,28)(H,27,29)/b26-14+. The molecule has 0 aromatic heterocycles. The largest absolute Gasteiger partial charge is 0.322 e. The van der Waals surface area contributed by atoms with Crippen LogP contribution >= 0.6 is 0 Å². The molecule has 2 N–H and O–H groups in total. The van der Waals surface area contributed by atoms with Gasteiger partial charge in [-0.3, -0.25) is 9.59 Å². The van der Waals surface area contributed by atoms with Gasteiger partial charge in [-0.05, 0) is 67.1 Å². The second kappa shape index (κ2) is 8.88. The molecule has 0 spiro atoms. The number of carbonyl (C=O) groups is 2. The fourth-order valence-electron chi connectivity index (χ4n) is 2.52. The molecule has 0 fully saturated rings. The molecule has 3 aromatic rings. The summed E-state index contributed by atoms with van der Waals surface area (Å²) in [6, 6.07) is 17.4. The number of hydrogen-bond donors (Lipinski definition) is 2. The van der Waals surface area contributed by atoms with E-state index in [0.29, 0.717) is 22.5 Å². The average molecular weight is 393 g/mol. The highest BCUT2D eigenvalue weighted by molar-refractivity contribution is 6.06. The first-order valence-electron chi connectivity index (χ1n) is 8.70. The molecule has 0 heterocycles. The zero-order valence-electron chi connectivity index (χ0n) is 15.4. The van der Waals surface area contributed by atoms with Gasteiger partial charge in [0, 0.05) is 16.8 Å². The zero-order valence-corrected chi connectivity index (χ0v) is 15.4. The van der Waals surface area contributed by atoms with Crippen LogP contribution in [0.2, 0.25) is 0 Å². The van der Waals surface area contributed by atoms with E-state index in [1.807, 2.05) is 0 Å². The van der Waals surface area contributed by atoms with E-state index in [9.17, 15) is 18.4 Å². The van der Waals surface area contributed by atoms with Gasteiger partial charge >= 0.3 is 0 Å². The van der Waals surface area contributed by atoms with Crippen molar-refractivity contribution >= 4 is 23.2 Å². The smallest absolute Gasteiger partial charge is 0.271 e. The Morgan fingerprint density at radius 3 is 2.17 bits per heavy atom. The van der Waals surface area contributed by atoms with Gasteiger partial charge in [-0.1, -0.05) is 18.2 Å². The molecule has 146 valence electrons. The summed E-state index contributed by atoms with van der Waals surface area (Å²) in [7, 11) is 0. The molecule has 3 rings (SSSR count). The van der Waals surface area contributed by atoms with Crippen LogP contribution in [0.4, 0.5) is 14.5 Å². The number of hydrogen-bond acceptors (Lipinski definition) is 3. The summed E-state index contributed by atoms with van der Waals surface area (Å²) in [5.41, 5.74) is 4.53. The number of anilines is 1. The first kappa shape index (κ1) is 19.9. The van der Waals surface area contributed by atoms with Crippen molar-refractivity contribution in [3.63, 3.8) is 0 Å². The molecule has 7 heteroatoms. The molecule has 29 heavy (non-hydrogen) atoms. The SMILES string of the molecule is C/C(=N\NC(=O)c1cccc(F)c1)c1cccc(NC(=O)c2ccc(F)cc2)c1. The van der Waals surface area contributed by atoms with E-state index in [2.05, 4.69) is 15.8 Å². The summed E-state index contributed by atoms with van der Waals surface area (Å²) in [6.45, 7) is 1.69. The molecule has 0 radical (unpaired) electrons. The third-order valence-electron chi connectivity index (χ3n) is 4.06. The van der Waals surface area contributed by atoms with E-state index in [-0.39, 0.29) is 11.5 Å². The molecule has 0 saturated heterocycles. The molecule has 5 nitrogen and oxygen atoms in total. The summed E-state index contributed by atoms with van der Waals surface area (Å²) < 4.78 is 26.2. The van der Waals surface area contributed by atoms with Gasteiger partial charge in [-0.25, -0.2) is 14.2 Å². The maximum atomic E-state index is 13.2. The minimum Gasteiger partial charge on any atom is -0.322 e. The number of halogens is 2. The van der Waals surface area contributed by atoms with Crippen LogP contribution in [0.5, 0.6) is 0 Å². The third-order valence-corrected chi connectivity index (χ3v) is 4.06. The van der Waals surface area contributed by atoms with Crippen LogP contribution in [0, 0.1) is 11.6 Å². The van der Waals surface area contributed by atoms with Gasteiger partial charge in [0.1, 0.15) is 11.6 Å². The number of hydrazone groups is 1. The van der Waals surface area contributed by atoms with Crippen LogP contribution in [-0.2, 0) is 0 Å². The predicted octanol–water partition coefficient (Wildman–Crippen LogP) is 4.37. The van der Waals surface area contributed by atoms with E-state index in [1.165, 1.54) is 42.5 Å². The second-order valence-electron chi connectivity index (χ2n) is 6.19. The van der Waals surface area contributed by atoms with Crippen molar-refractivity contribution in [2.45, 2.75) is 6.92 Å². The maximum absolute atomic E-state index is 13.2. The van der Waals surface area contributed by atoms with Crippen LogP contribution in [0.3, 0.4) is 0 Å². The van der Waals surface area contributed by atoms with Crippen LogP contribution in [0.1, 0.15) is 33.2 Å². The van der Waals surface area contributed by atoms with Crippen molar-refractivity contribution in [1.82, 2.24) is 5.43 Å². The zero-order chi connectivity index (χ0) is 20.8. The quantitative estimate of drug-likeness (QED) is 0.499. The third kappa shape index (κ3) is 5.32. The molecule has 2 amide bonds. The number of rotatable bonds is 5. The molecule has 0 aliphatic rings. The van der Waals surface area contributed by atoms with Gasteiger partial charge in [0.2, 0.25) is 0 Å². The van der Waals surface area contributed by atoms with Gasteiger partial charge in [0.15, 0.2) is 0 Å². The lowest BCUT2D eigenvalue weighted by Crippen LogP contribution is -2.19. The lowest BCUT2D eigenvalue weighted by Gasteiger charge is -2.08. The van der Waals surface area contributed by atoms with E-state index in [1.54, 1.807) is 31.2 Å². The van der Waals surface area contributed by atoms with Crippen molar-refractivity contribution < 1.29 is 18.4 Å². The molecule has 0 bridgehead atoms. The summed E-state index contributed by atoms with van der Waals surface area (Å²) in [5.74, 6) is -1.85. The Kier molecular flexibility index (Phi) is 6.09. The van der Waals surface area contributed by atoms with E-state index < -0.39 is 17.5 Å². The molecular weight excluding hydrogens is 376 g/mol. The molecule has 0 unspecified atom stereocenters. The van der Waals surface area contributed by atoms with Gasteiger partial charge in [-0.2, -0.15) is 5.10 Å². The number of amides is 2. The second-order valence-corrected chi connectivity index (χ2v) is 6.19. The number of nitrogens with one attached hydrogen (secondary N) is 2. The summed E-state index contributed by atoms with van der Waals surface area (Å²) >= 11 is 0. The van der Waals surface area contributed by atoms with Gasteiger partial charge in [-0.15, -0.1) is 0 Å². The lowest BCUT2D eigenvalue weighted by atomic mass is 10.1. The fraction of sp³-hybridized carbons (Fsp3) is 0.0455. The van der Waals surface area contributed by atoms with Crippen LogP contribution in [0.25, 0.3) is 0 Å². The molecule has 0 atom stereocenters. The molecule has 0 saturated carbocycles. The Bertz CT molecular complexity index is 1080. The monoisotopic (exact) mass is 393 g/mol. The Hall–Kier alpha value is -3.87. The van der Waals surface area contributed by atoms with E-state index in [0.717, 1.165) is 6.07 Å². The first-order chi connectivity index (χ1) is 13.9. The predicted molar refractivity (Wildman–Crippen MR) is 107 cm³/mol. The van der Waals surface area contributed by atoms with Crippen molar-refractivity contribution in [1.29, 1.82) is 0 Å². The van der Waals surface area contributed by atoms with E-state index >= 15 is 0 Å². The summed E-state index contributed by atoms with van der Waals surface area (Å²) in [6.07, 6.45) is 0.